The monoisotopic (exact) mass is 254 g/mol. The number of hydrogen-bond donors (Lipinski definition) is 1. The van der Waals surface area contributed by atoms with Gasteiger partial charge in [-0.25, -0.2) is 0 Å². The van der Waals surface area contributed by atoms with E-state index >= 15 is 0 Å². The average molecular weight is 254 g/mol. The highest BCUT2D eigenvalue weighted by Crippen LogP contribution is 2.18. The van der Waals surface area contributed by atoms with Crippen LogP contribution in [0.1, 0.15) is 15.2 Å². The molecule has 1 saturated heterocycles. The fourth-order valence-electron chi connectivity index (χ4n) is 2.01. The Kier molecular flexibility index (Phi) is 4.15. The van der Waals surface area contributed by atoms with Crippen LogP contribution in [0.5, 0.6) is 0 Å². The van der Waals surface area contributed by atoms with E-state index in [1.807, 2.05) is 30.3 Å². The van der Waals surface area contributed by atoms with Gasteiger partial charge < -0.3 is 15.0 Å². The number of morpholine rings is 1. The molecule has 1 aliphatic rings. The standard InChI is InChI=1S/C12H18N2O2S/c1-9-5-11(17-8-9)12(15)14-3-4-16-7-10(14)6-13-2/h5,8,10,13H,3-4,6-7H2,1-2H3. The van der Waals surface area contributed by atoms with E-state index in [2.05, 4.69) is 5.32 Å². The van der Waals surface area contributed by atoms with Crippen LogP contribution in [0.2, 0.25) is 0 Å². The number of nitrogens with one attached hydrogen (secondary N) is 1. The quantitative estimate of drug-likeness (QED) is 0.879. The van der Waals surface area contributed by atoms with Gasteiger partial charge in [0.1, 0.15) is 0 Å². The number of nitrogens with zero attached hydrogens (tertiary/aromatic N) is 1. The summed E-state index contributed by atoms with van der Waals surface area (Å²) in [6.07, 6.45) is 0. The number of amides is 1. The second-order valence-electron chi connectivity index (χ2n) is 4.27. The molecule has 0 aliphatic carbocycles. The van der Waals surface area contributed by atoms with Gasteiger partial charge in [-0.1, -0.05) is 0 Å². The lowest BCUT2D eigenvalue weighted by Crippen LogP contribution is -2.52. The van der Waals surface area contributed by atoms with E-state index in [9.17, 15) is 4.79 Å². The van der Waals surface area contributed by atoms with E-state index in [-0.39, 0.29) is 11.9 Å². The highest BCUT2D eigenvalue weighted by molar-refractivity contribution is 7.12. The van der Waals surface area contributed by atoms with Crippen LogP contribution < -0.4 is 5.32 Å². The second kappa shape index (κ2) is 5.62. The molecule has 1 fully saturated rings. The van der Waals surface area contributed by atoms with Crippen molar-refractivity contribution in [1.82, 2.24) is 10.2 Å². The zero-order valence-electron chi connectivity index (χ0n) is 10.2. The fraction of sp³-hybridized carbons (Fsp3) is 0.583. The van der Waals surface area contributed by atoms with Gasteiger partial charge in [-0.15, -0.1) is 11.3 Å². The average Bonchev–Trinajstić information content (AvgIpc) is 2.76. The summed E-state index contributed by atoms with van der Waals surface area (Å²) in [4.78, 5) is 15.1. The molecule has 0 saturated carbocycles. The van der Waals surface area contributed by atoms with Crippen molar-refractivity contribution in [3.63, 3.8) is 0 Å². The van der Waals surface area contributed by atoms with E-state index in [4.69, 9.17) is 4.74 Å². The van der Waals surface area contributed by atoms with E-state index in [0.717, 1.165) is 17.0 Å². The summed E-state index contributed by atoms with van der Waals surface area (Å²) in [6, 6.07) is 2.10. The molecule has 1 amide bonds. The van der Waals surface area contributed by atoms with Crippen molar-refractivity contribution in [2.24, 2.45) is 0 Å². The van der Waals surface area contributed by atoms with Crippen molar-refractivity contribution >= 4 is 17.2 Å². The molecule has 1 aromatic heterocycles. The van der Waals surface area contributed by atoms with Crippen LogP contribution in [0, 0.1) is 6.92 Å². The number of hydrogen-bond acceptors (Lipinski definition) is 4. The first-order valence-corrected chi connectivity index (χ1v) is 6.69. The third kappa shape index (κ3) is 2.86. The lowest BCUT2D eigenvalue weighted by Gasteiger charge is -2.35. The number of carbonyl (C=O) groups is 1. The summed E-state index contributed by atoms with van der Waals surface area (Å²) in [5.41, 5.74) is 1.15. The molecule has 5 heteroatoms. The van der Waals surface area contributed by atoms with E-state index in [1.165, 1.54) is 11.3 Å². The Morgan fingerprint density at radius 3 is 3.18 bits per heavy atom. The third-order valence-electron chi connectivity index (χ3n) is 2.87. The number of aryl methyl sites for hydroxylation is 1. The molecule has 1 aliphatic heterocycles. The molecule has 0 bridgehead atoms. The molecular formula is C12H18N2O2S. The Labute approximate surface area is 106 Å². The van der Waals surface area contributed by atoms with Crippen molar-refractivity contribution in [3.05, 3.63) is 21.9 Å². The van der Waals surface area contributed by atoms with Crippen molar-refractivity contribution < 1.29 is 9.53 Å². The maximum atomic E-state index is 12.4. The molecule has 2 rings (SSSR count). The van der Waals surface area contributed by atoms with Crippen LogP contribution in [0.3, 0.4) is 0 Å². The van der Waals surface area contributed by atoms with Crippen LogP contribution in [-0.2, 0) is 4.74 Å². The van der Waals surface area contributed by atoms with Gasteiger partial charge in [0, 0.05) is 13.1 Å². The molecule has 17 heavy (non-hydrogen) atoms. The molecule has 94 valence electrons. The van der Waals surface area contributed by atoms with Crippen LogP contribution in [-0.4, -0.2) is 50.2 Å². The van der Waals surface area contributed by atoms with Crippen LogP contribution >= 0.6 is 11.3 Å². The van der Waals surface area contributed by atoms with E-state index < -0.39 is 0 Å². The van der Waals surface area contributed by atoms with Gasteiger partial charge in [0.15, 0.2) is 0 Å². The Bertz CT molecular complexity index is 390. The zero-order valence-corrected chi connectivity index (χ0v) is 11.0. The van der Waals surface area contributed by atoms with Gasteiger partial charge in [-0.2, -0.15) is 0 Å². The van der Waals surface area contributed by atoms with Crippen LogP contribution in [0.25, 0.3) is 0 Å². The molecule has 0 spiro atoms. The van der Waals surface area contributed by atoms with Gasteiger partial charge in [-0.3, -0.25) is 4.79 Å². The summed E-state index contributed by atoms with van der Waals surface area (Å²) in [6.45, 7) is 4.73. The smallest absolute Gasteiger partial charge is 0.264 e. The number of likely N-dealkylation sites (N-methyl/N-ethyl adjacent to an activating group) is 1. The van der Waals surface area contributed by atoms with Crippen molar-refractivity contribution in [1.29, 1.82) is 0 Å². The van der Waals surface area contributed by atoms with E-state index in [1.54, 1.807) is 0 Å². The summed E-state index contributed by atoms with van der Waals surface area (Å²) < 4.78 is 5.43. The SMILES string of the molecule is CNCC1COCCN1C(=O)c1cc(C)cs1. The molecule has 2 heterocycles. The van der Waals surface area contributed by atoms with Gasteiger partial charge in [0.25, 0.3) is 5.91 Å². The molecule has 1 atom stereocenters. The Morgan fingerprint density at radius 1 is 1.71 bits per heavy atom. The summed E-state index contributed by atoms with van der Waals surface area (Å²) in [5.74, 6) is 0.131. The number of carbonyl (C=O) groups excluding carboxylic acids is 1. The highest BCUT2D eigenvalue weighted by atomic mass is 32.1. The predicted octanol–water partition coefficient (Wildman–Crippen LogP) is 1.12. The first kappa shape index (κ1) is 12.5. The maximum Gasteiger partial charge on any atom is 0.264 e. The molecule has 0 radical (unpaired) electrons. The molecule has 1 aromatic rings. The van der Waals surface area contributed by atoms with Gasteiger partial charge in [0.2, 0.25) is 0 Å². The van der Waals surface area contributed by atoms with Gasteiger partial charge in [-0.05, 0) is 31.0 Å². The minimum atomic E-state index is 0.131. The Morgan fingerprint density at radius 2 is 2.53 bits per heavy atom. The number of thiophene rings is 1. The van der Waals surface area contributed by atoms with Crippen molar-refractivity contribution in [3.8, 4) is 0 Å². The second-order valence-corrected chi connectivity index (χ2v) is 5.18. The predicted molar refractivity (Wildman–Crippen MR) is 68.6 cm³/mol. The zero-order chi connectivity index (χ0) is 12.3. The van der Waals surface area contributed by atoms with E-state index in [0.29, 0.717) is 19.8 Å². The largest absolute Gasteiger partial charge is 0.377 e. The maximum absolute atomic E-state index is 12.4. The summed E-state index contributed by atoms with van der Waals surface area (Å²) in [7, 11) is 1.90. The van der Waals surface area contributed by atoms with Gasteiger partial charge in [0.05, 0.1) is 24.1 Å². The molecular weight excluding hydrogens is 236 g/mol. The summed E-state index contributed by atoms with van der Waals surface area (Å²) >= 11 is 1.52. The first-order valence-electron chi connectivity index (χ1n) is 5.81. The lowest BCUT2D eigenvalue weighted by atomic mass is 10.2. The lowest BCUT2D eigenvalue weighted by molar-refractivity contribution is -0.000713. The molecule has 1 N–H and O–H groups in total. The minimum absolute atomic E-state index is 0.131. The fourth-order valence-corrected chi connectivity index (χ4v) is 2.86. The Hall–Kier alpha value is -0.910. The summed E-state index contributed by atoms with van der Waals surface area (Å²) in [5, 5.41) is 5.12. The highest BCUT2D eigenvalue weighted by Gasteiger charge is 2.28. The molecule has 4 nitrogen and oxygen atoms in total. The Balaban J connectivity index is 2.10. The first-order chi connectivity index (χ1) is 8.22. The minimum Gasteiger partial charge on any atom is -0.377 e. The molecule has 1 unspecified atom stereocenters. The van der Waals surface area contributed by atoms with Gasteiger partial charge >= 0.3 is 0 Å². The van der Waals surface area contributed by atoms with Crippen LogP contribution in [0.15, 0.2) is 11.4 Å². The van der Waals surface area contributed by atoms with Crippen molar-refractivity contribution in [2.45, 2.75) is 13.0 Å². The number of ether oxygens (including phenoxy) is 1. The number of rotatable bonds is 3. The third-order valence-corrected chi connectivity index (χ3v) is 3.91. The molecule has 0 aromatic carbocycles. The normalized spacial score (nSPS) is 20.6. The topological polar surface area (TPSA) is 41.6 Å². The van der Waals surface area contributed by atoms with Crippen molar-refractivity contribution in [2.75, 3.05) is 33.4 Å². The van der Waals surface area contributed by atoms with Crippen LogP contribution in [0.4, 0.5) is 0 Å².